The van der Waals surface area contributed by atoms with Crippen LogP contribution in [0.3, 0.4) is 0 Å². The molecule has 3 N–H and O–H groups in total. The first-order valence-electron chi connectivity index (χ1n) is 2.33. The van der Waals surface area contributed by atoms with Crippen molar-refractivity contribution in [2.45, 2.75) is 6.42 Å². The predicted octanol–water partition coefficient (Wildman–Crippen LogP) is -0.886. The van der Waals surface area contributed by atoms with E-state index in [0.717, 1.165) is 0 Å². The van der Waals surface area contributed by atoms with Crippen molar-refractivity contribution in [1.82, 2.24) is 0 Å². The average molecular weight is 161 g/mol. The van der Waals surface area contributed by atoms with Crippen molar-refractivity contribution in [1.29, 1.82) is 0 Å². The van der Waals surface area contributed by atoms with Gasteiger partial charge in [-0.1, -0.05) is 0 Å². The first-order valence-corrected chi connectivity index (χ1v) is 2.33. The summed E-state index contributed by atoms with van der Waals surface area (Å²) in [5.41, 5.74) is 5.04. The monoisotopic (exact) mass is 161 g/mol. The number of rotatable bonds is 3. The third-order valence-corrected chi connectivity index (χ3v) is 0.574. The Bertz CT molecular complexity index is 78.2. The SMILES string of the molecule is NCCCOC(=O)O.[CaH2]. The summed E-state index contributed by atoms with van der Waals surface area (Å²) in [6.45, 7) is 0.666. The van der Waals surface area contributed by atoms with Gasteiger partial charge in [0.05, 0.1) is 6.61 Å². The summed E-state index contributed by atoms with van der Waals surface area (Å²) in [5, 5.41) is 7.88. The second-order valence-corrected chi connectivity index (χ2v) is 1.26. The molecule has 9 heavy (non-hydrogen) atoms. The van der Waals surface area contributed by atoms with Gasteiger partial charge in [-0.3, -0.25) is 0 Å². The third-order valence-electron chi connectivity index (χ3n) is 0.574. The minimum absolute atomic E-state index is 0. The second-order valence-electron chi connectivity index (χ2n) is 1.26. The molecule has 0 heterocycles. The Morgan fingerprint density at radius 1 is 1.67 bits per heavy atom. The van der Waals surface area contributed by atoms with Gasteiger partial charge in [0.15, 0.2) is 0 Å². The van der Waals surface area contributed by atoms with Crippen LogP contribution in [0, 0.1) is 0 Å². The Hall–Kier alpha value is 0.490. The van der Waals surface area contributed by atoms with E-state index >= 15 is 0 Å². The maximum atomic E-state index is 9.61. The molecule has 0 aliphatic carbocycles. The Morgan fingerprint density at radius 3 is 2.56 bits per heavy atom. The molecule has 0 unspecified atom stereocenters. The first-order chi connectivity index (χ1) is 3.77. The molecule has 0 saturated heterocycles. The molecule has 0 radical (unpaired) electrons. The minimum atomic E-state index is -1.24. The predicted molar refractivity (Wildman–Crippen MR) is 36.2 cm³/mol. The molecule has 0 atom stereocenters. The van der Waals surface area contributed by atoms with Gasteiger partial charge in [-0.05, 0) is 13.0 Å². The van der Waals surface area contributed by atoms with Gasteiger partial charge in [0, 0.05) is 0 Å². The van der Waals surface area contributed by atoms with Gasteiger partial charge in [0.1, 0.15) is 0 Å². The third kappa shape index (κ3) is 11.9. The van der Waals surface area contributed by atoms with Gasteiger partial charge in [-0.25, -0.2) is 4.79 Å². The summed E-state index contributed by atoms with van der Waals surface area (Å²) in [5.74, 6) is 0. The molecule has 52 valence electrons. The van der Waals surface area contributed by atoms with E-state index in [4.69, 9.17) is 10.8 Å². The Labute approximate surface area is 83.4 Å². The second kappa shape index (κ2) is 8.49. The number of ether oxygens (including phenoxy) is 1. The van der Waals surface area contributed by atoms with Crippen molar-refractivity contribution in [2.24, 2.45) is 5.73 Å². The molecular weight excluding hydrogens is 150 g/mol. The first kappa shape index (κ1) is 12.2. The standard InChI is InChI=1S/C4H9NO3.Ca.2H/c5-2-1-3-8-4(6)7;;;/h1-3,5H2,(H,6,7);;;. The van der Waals surface area contributed by atoms with Crippen molar-refractivity contribution < 1.29 is 14.6 Å². The fourth-order valence-corrected chi connectivity index (χ4v) is 0.243. The van der Waals surface area contributed by atoms with Crippen LogP contribution >= 0.6 is 0 Å². The van der Waals surface area contributed by atoms with E-state index in [0.29, 0.717) is 13.0 Å². The van der Waals surface area contributed by atoms with Crippen LogP contribution < -0.4 is 5.73 Å². The fourth-order valence-electron chi connectivity index (χ4n) is 0.243. The Balaban J connectivity index is 0. The zero-order valence-corrected chi connectivity index (χ0v) is 4.46. The van der Waals surface area contributed by atoms with E-state index in [9.17, 15) is 4.79 Å². The zero-order chi connectivity index (χ0) is 6.41. The summed E-state index contributed by atoms with van der Waals surface area (Å²) in [7, 11) is 0. The molecule has 0 aromatic carbocycles. The molecule has 0 spiro atoms. The van der Waals surface area contributed by atoms with Crippen LogP contribution in [0.1, 0.15) is 6.42 Å². The van der Waals surface area contributed by atoms with E-state index in [-0.39, 0.29) is 44.3 Å². The molecular formula is C4H11CaNO3. The number of nitrogens with two attached hydrogens (primary N) is 1. The normalized spacial score (nSPS) is 7.67. The summed E-state index contributed by atoms with van der Waals surface area (Å²) in [4.78, 5) is 9.61. The molecule has 0 aliphatic heterocycles. The van der Waals surface area contributed by atoms with Crippen LogP contribution in [0.15, 0.2) is 0 Å². The van der Waals surface area contributed by atoms with Crippen molar-refractivity contribution in [3.63, 3.8) is 0 Å². The van der Waals surface area contributed by atoms with Crippen LogP contribution in [0.2, 0.25) is 0 Å². The van der Waals surface area contributed by atoms with Crippen LogP contribution in [0.25, 0.3) is 0 Å². The van der Waals surface area contributed by atoms with Gasteiger partial charge >= 0.3 is 43.9 Å². The van der Waals surface area contributed by atoms with E-state index in [2.05, 4.69) is 4.74 Å². The van der Waals surface area contributed by atoms with Crippen molar-refractivity contribution in [2.75, 3.05) is 13.2 Å². The molecule has 0 rings (SSSR count). The van der Waals surface area contributed by atoms with Crippen LogP contribution in [-0.4, -0.2) is 62.2 Å². The van der Waals surface area contributed by atoms with Gasteiger partial charge in [-0.2, -0.15) is 0 Å². The number of hydrogen-bond donors (Lipinski definition) is 2. The molecule has 0 fully saturated rings. The summed E-state index contributed by atoms with van der Waals surface area (Å²) in [6, 6.07) is 0. The fraction of sp³-hybridized carbons (Fsp3) is 0.750. The average Bonchev–Trinajstić information content (AvgIpc) is 1.66. The number of carbonyl (C=O) groups is 1. The Morgan fingerprint density at radius 2 is 2.22 bits per heavy atom. The molecule has 5 heteroatoms. The van der Waals surface area contributed by atoms with Crippen molar-refractivity contribution in [3.8, 4) is 0 Å². The van der Waals surface area contributed by atoms with Gasteiger partial charge in [-0.15, -0.1) is 0 Å². The Kier molecular flexibility index (Phi) is 11.5. The van der Waals surface area contributed by atoms with E-state index in [1.807, 2.05) is 0 Å². The molecule has 4 nitrogen and oxygen atoms in total. The van der Waals surface area contributed by atoms with E-state index in [1.54, 1.807) is 0 Å². The van der Waals surface area contributed by atoms with E-state index in [1.165, 1.54) is 0 Å². The number of hydrogen-bond acceptors (Lipinski definition) is 3. The molecule has 0 bridgehead atoms. The zero-order valence-electron chi connectivity index (χ0n) is 4.46. The van der Waals surface area contributed by atoms with Gasteiger partial charge in [0.25, 0.3) is 0 Å². The van der Waals surface area contributed by atoms with Crippen molar-refractivity contribution in [3.05, 3.63) is 0 Å². The van der Waals surface area contributed by atoms with Crippen LogP contribution in [0.4, 0.5) is 4.79 Å². The molecule has 0 aromatic rings. The molecule has 0 amide bonds. The number of carboxylic acid groups (broad SMARTS) is 1. The van der Waals surface area contributed by atoms with E-state index < -0.39 is 6.16 Å². The van der Waals surface area contributed by atoms with Gasteiger partial charge < -0.3 is 15.6 Å². The molecule has 0 aliphatic rings. The maximum absolute atomic E-state index is 9.61. The van der Waals surface area contributed by atoms with Crippen molar-refractivity contribution >= 4 is 43.9 Å². The van der Waals surface area contributed by atoms with Crippen LogP contribution in [-0.2, 0) is 4.74 Å². The van der Waals surface area contributed by atoms with Crippen LogP contribution in [0.5, 0.6) is 0 Å². The summed E-state index contributed by atoms with van der Waals surface area (Å²) in [6.07, 6.45) is -0.648. The summed E-state index contributed by atoms with van der Waals surface area (Å²) >= 11 is 0. The molecule has 0 saturated carbocycles. The molecule has 0 aromatic heterocycles. The quantitative estimate of drug-likeness (QED) is 0.320. The van der Waals surface area contributed by atoms with Gasteiger partial charge in [0.2, 0.25) is 0 Å². The topological polar surface area (TPSA) is 72.5 Å². The summed E-state index contributed by atoms with van der Waals surface area (Å²) < 4.78 is 4.12.